The van der Waals surface area contributed by atoms with Crippen LogP contribution in [0.5, 0.6) is 0 Å². The standard InChI is InChI=1S/C14H15F2NO2S2/c1-2-6-17(9-11-5-7-20-10-11)21(18,19)14-8-12(15)3-4-13(14)16/h3-5,7-8,10H,2,6,9H2,1H3. The van der Waals surface area contributed by atoms with Gasteiger partial charge in [-0.1, -0.05) is 6.92 Å². The molecule has 0 aliphatic carbocycles. The molecule has 0 spiro atoms. The highest BCUT2D eigenvalue weighted by Crippen LogP contribution is 2.23. The van der Waals surface area contributed by atoms with E-state index in [9.17, 15) is 17.2 Å². The number of rotatable bonds is 6. The first-order valence-electron chi connectivity index (χ1n) is 6.41. The Hall–Kier alpha value is -1.31. The summed E-state index contributed by atoms with van der Waals surface area (Å²) in [5.74, 6) is -1.72. The summed E-state index contributed by atoms with van der Waals surface area (Å²) in [7, 11) is -4.07. The lowest BCUT2D eigenvalue weighted by Crippen LogP contribution is -2.32. The Morgan fingerprint density at radius 3 is 2.62 bits per heavy atom. The van der Waals surface area contributed by atoms with Gasteiger partial charge in [0.15, 0.2) is 0 Å². The van der Waals surface area contributed by atoms with Gasteiger partial charge < -0.3 is 0 Å². The van der Waals surface area contributed by atoms with Gasteiger partial charge in [0.25, 0.3) is 0 Å². The molecule has 1 heterocycles. The Kier molecular flexibility index (Phi) is 5.08. The van der Waals surface area contributed by atoms with Crippen LogP contribution in [-0.4, -0.2) is 19.3 Å². The van der Waals surface area contributed by atoms with Crippen LogP contribution in [0.2, 0.25) is 0 Å². The zero-order valence-electron chi connectivity index (χ0n) is 11.4. The largest absolute Gasteiger partial charge is 0.246 e. The van der Waals surface area contributed by atoms with E-state index in [1.54, 1.807) is 0 Å². The fourth-order valence-corrected chi connectivity index (χ4v) is 4.19. The number of thiophene rings is 1. The van der Waals surface area contributed by atoms with Crippen LogP contribution in [-0.2, 0) is 16.6 Å². The van der Waals surface area contributed by atoms with Crippen molar-refractivity contribution < 1.29 is 17.2 Å². The van der Waals surface area contributed by atoms with Crippen molar-refractivity contribution in [3.8, 4) is 0 Å². The molecule has 21 heavy (non-hydrogen) atoms. The van der Waals surface area contributed by atoms with Crippen molar-refractivity contribution in [3.63, 3.8) is 0 Å². The fourth-order valence-electron chi connectivity index (χ4n) is 1.93. The topological polar surface area (TPSA) is 37.4 Å². The van der Waals surface area contributed by atoms with Crippen molar-refractivity contribution in [2.45, 2.75) is 24.8 Å². The second kappa shape index (κ2) is 6.64. The normalized spacial score (nSPS) is 12.0. The highest BCUT2D eigenvalue weighted by molar-refractivity contribution is 7.89. The van der Waals surface area contributed by atoms with Gasteiger partial charge in [-0.15, -0.1) is 0 Å². The van der Waals surface area contributed by atoms with Crippen LogP contribution < -0.4 is 0 Å². The molecule has 0 fully saturated rings. The third-order valence-electron chi connectivity index (χ3n) is 2.92. The molecule has 0 radical (unpaired) electrons. The molecule has 7 heteroatoms. The summed E-state index contributed by atoms with van der Waals surface area (Å²) in [6.45, 7) is 2.22. The van der Waals surface area contributed by atoms with Gasteiger partial charge in [0.05, 0.1) is 0 Å². The molecule has 3 nitrogen and oxygen atoms in total. The first-order valence-corrected chi connectivity index (χ1v) is 8.79. The summed E-state index contributed by atoms with van der Waals surface area (Å²) in [4.78, 5) is -0.619. The Balaban J connectivity index is 2.39. The number of hydrogen-bond donors (Lipinski definition) is 0. The zero-order valence-corrected chi connectivity index (χ0v) is 13.1. The minimum atomic E-state index is -4.07. The summed E-state index contributed by atoms with van der Waals surface area (Å²) < 4.78 is 53.3. The van der Waals surface area contributed by atoms with E-state index in [0.717, 1.165) is 23.8 Å². The van der Waals surface area contributed by atoms with Gasteiger partial charge in [0.2, 0.25) is 10.0 Å². The van der Waals surface area contributed by atoms with Crippen molar-refractivity contribution in [1.82, 2.24) is 4.31 Å². The molecule has 0 unspecified atom stereocenters. The van der Waals surface area contributed by atoms with E-state index in [0.29, 0.717) is 6.42 Å². The van der Waals surface area contributed by atoms with E-state index in [4.69, 9.17) is 0 Å². The minimum Gasteiger partial charge on any atom is -0.207 e. The average molecular weight is 331 g/mol. The molecule has 2 aromatic rings. The molecule has 0 bridgehead atoms. The van der Waals surface area contributed by atoms with Crippen LogP contribution in [0.3, 0.4) is 0 Å². The van der Waals surface area contributed by atoms with E-state index in [-0.39, 0.29) is 13.1 Å². The lowest BCUT2D eigenvalue weighted by atomic mass is 10.3. The number of benzene rings is 1. The predicted molar refractivity (Wildman–Crippen MR) is 78.6 cm³/mol. The minimum absolute atomic E-state index is 0.148. The van der Waals surface area contributed by atoms with Gasteiger partial charge in [0, 0.05) is 13.1 Å². The molecule has 0 atom stereocenters. The van der Waals surface area contributed by atoms with E-state index >= 15 is 0 Å². The smallest absolute Gasteiger partial charge is 0.207 e. The average Bonchev–Trinajstić information content (AvgIpc) is 2.94. The molecule has 0 aliphatic heterocycles. The van der Waals surface area contributed by atoms with Gasteiger partial charge in [-0.05, 0) is 47.0 Å². The molecule has 1 aromatic heterocycles. The molecule has 2 rings (SSSR count). The molecule has 0 amide bonds. The van der Waals surface area contributed by atoms with E-state index in [2.05, 4.69) is 0 Å². The summed E-state index contributed by atoms with van der Waals surface area (Å²) in [6.07, 6.45) is 0.584. The van der Waals surface area contributed by atoms with Gasteiger partial charge in [-0.2, -0.15) is 15.6 Å². The summed E-state index contributed by atoms with van der Waals surface area (Å²) >= 11 is 1.46. The number of halogens is 2. The highest BCUT2D eigenvalue weighted by Gasteiger charge is 2.27. The number of sulfonamides is 1. The Morgan fingerprint density at radius 2 is 2.00 bits per heavy atom. The van der Waals surface area contributed by atoms with Crippen LogP contribution in [0.15, 0.2) is 39.9 Å². The number of hydrogen-bond acceptors (Lipinski definition) is 3. The maximum atomic E-state index is 13.8. The van der Waals surface area contributed by atoms with Crippen molar-refractivity contribution in [3.05, 3.63) is 52.2 Å². The molecule has 0 saturated heterocycles. The number of nitrogens with zero attached hydrogens (tertiary/aromatic N) is 1. The van der Waals surface area contributed by atoms with Gasteiger partial charge in [0.1, 0.15) is 16.5 Å². The Labute approximate surface area is 126 Å². The summed E-state index contributed by atoms with van der Waals surface area (Å²) in [6, 6.07) is 4.26. The van der Waals surface area contributed by atoms with Crippen molar-refractivity contribution in [2.75, 3.05) is 6.54 Å². The zero-order chi connectivity index (χ0) is 15.5. The SMILES string of the molecule is CCCN(Cc1ccsc1)S(=O)(=O)c1cc(F)ccc1F. The monoisotopic (exact) mass is 331 g/mol. The maximum Gasteiger partial charge on any atom is 0.246 e. The molecule has 0 aliphatic rings. The maximum absolute atomic E-state index is 13.8. The van der Waals surface area contributed by atoms with Crippen LogP contribution in [0.1, 0.15) is 18.9 Å². The van der Waals surface area contributed by atoms with Crippen LogP contribution in [0.25, 0.3) is 0 Å². The predicted octanol–water partition coefficient (Wildman–Crippen LogP) is 3.63. The lowest BCUT2D eigenvalue weighted by Gasteiger charge is -2.21. The van der Waals surface area contributed by atoms with Gasteiger partial charge >= 0.3 is 0 Å². The van der Waals surface area contributed by atoms with Crippen molar-refractivity contribution >= 4 is 21.4 Å². The second-order valence-corrected chi connectivity index (χ2v) is 7.23. The first kappa shape index (κ1) is 16.1. The molecule has 0 N–H and O–H groups in total. The van der Waals surface area contributed by atoms with Crippen LogP contribution >= 0.6 is 11.3 Å². The fraction of sp³-hybridized carbons (Fsp3) is 0.286. The third-order valence-corrected chi connectivity index (χ3v) is 5.52. The highest BCUT2D eigenvalue weighted by atomic mass is 32.2. The molecular formula is C14H15F2NO2S2. The Bertz CT molecular complexity index is 700. The second-order valence-electron chi connectivity index (χ2n) is 4.54. The van der Waals surface area contributed by atoms with E-state index in [1.165, 1.54) is 15.6 Å². The van der Waals surface area contributed by atoms with Gasteiger partial charge in [-0.25, -0.2) is 17.2 Å². The quantitative estimate of drug-likeness (QED) is 0.810. The molecular weight excluding hydrogens is 316 g/mol. The molecule has 0 saturated carbocycles. The molecule has 114 valence electrons. The van der Waals surface area contributed by atoms with E-state index in [1.807, 2.05) is 23.8 Å². The van der Waals surface area contributed by atoms with Crippen LogP contribution in [0, 0.1) is 11.6 Å². The summed E-state index contributed by atoms with van der Waals surface area (Å²) in [5, 5.41) is 3.68. The molecule has 1 aromatic carbocycles. The van der Waals surface area contributed by atoms with Crippen molar-refractivity contribution in [2.24, 2.45) is 0 Å². The van der Waals surface area contributed by atoms with Gasteiger partial charge in [-0.3, -0.25) is 0 Å². The summed E-state index contributed by atoms with van der Waals surface area (Å²) in [5.41, 5.74) is 0.828. The first-order chi connectivity index (χ1) is 9.95. The Morgan fingerprint density at radius 1 is 1.24 bits per heavy atom. The third kappa shape index (κ3) is 3.66. The van der Waals surface area contributed by atoms with E-state index < -0.39 is 26.6 Å². The van der Waals surface area contributed by atoms with Crippen molar-refractivity contribution in [1.29, 1.82) is 0 Å². The van der Waals surface area contributed by atoms with Crippen LogP contribution in [0.4, 0.5) is 8.78 Å². The lowest BCUT2D eigenvalue weighted by molar-refractivity contribution is 0.402.